The van der Waals surface area contributed by atoms with Crippen LogP contribution in [0.25, 0.3) is 0 Å². The van der Waals surface area contributed by atoms with Crippen molar-refractivity contribution in [2.75, 3.05) is 0 Å². The van der Waals surface area contributed by atoms with E-state index in [1.165, 1.54) is 0 Å². The Morgan fingerprint density at radius 2 is 0.380 bits per heavy atom. The molecule has 0 aliphatic carbocycles. The molecule has 0 unspecified atom stereocenters. The maximum atomic E-state index is 3.37. The molecule has 0 nitrogen and oxygen atoms in total. The lowest BCUT2D eigenvalue weighted by molar-refractivity contribution is 1.50. The molecule has 5 aromatic carbocycles. The third-order valence-corrected chi connectivity index (χ3v) is 7.14. The van der Waals surface area contributed by atoms with Crippen molar-refractivity contribution < 1.29 is 0 Å². The summed E-state index contributed by atoms with van der Waals surface area (Å²) in [6.07, 6.45) is 0. The highest BCUT2D eigenvalue weighted by Crippen LogP contribution is 2.17. The third-order valence-electron chi connectivity index (χ3n) is 7.14. The minimum Gasteiger partial charge on any atom is -0.101 e. The SMILES string of the molecule is CC#Cc1ccc(C#Cc2cc(C#Cc3ccc(C#CC)cc3)c(C#Cc3ccc(C#CC)cc3)cc2C#Cc2ccc(C#CC)cc2)cc1. The zero-order valence-corrected chi connectivity index (χ0v) is 28.4. The summed E-state index contributed by atoms with van der Waals surface area (Å²) in [7, 11) is 0. The molecule has 0 atom stereocenters. The molecule has 0 radical (unpaired) electrons. The van der Waals surface area contributed by atoms with Crippen LogP contribution in [0.4, 0.5) is 0 Å². The predicted octanol–water partition coefficient (Wildman–Crippen LogP) is 8.77. The van der Waals surface area contributed by atoms with E-state index >= 15 is 0 Å². The predicted molar refractivity (Wildman–Crippen MR) is 206 cm³/mol. The lowest BCUT2D eigenvalue weighted by Crippen LogP contribution is -1.93. The molecular formula is C50H30. The summed E-state index contributed by atoms with van der Waals surface area (Å²) in [5.74, 6) is 50.8. The fourth-order valence-electron chi connectivity index (χ4n) is 4.70. The van der Waals surface area contributed by atoms with Crippen LogP contribution in [0.3, 0.4) is 0 Å². The zero-order chi connectivity index (χ0) is 35.0. The molecule has 230 valence electrons. The highest BCUT2D eigenvalue weighted by Gasteiger charge is 2.06. The smallest absolute Gasteiger partial charge is 0.0419 e. The van der Waals surface area contributed by atoms with Crippen molar-refractivity contribution in [1.29, 1.82) is 0 Å². The van der Waals surface area contributed by atoms with Crippen LogP contribution in [0, 0.1) is 94.7 Å². The Balaban J connectivity index is 1.65. The van der Waals surface area contributed by atoms with Crippen molar-refractivity contribution in [3.05, 3.63) is 176 Å². The van der Waals surface area contributed by atoms with Crippen molar-refractivity contribution in [3.8, 4) is 94.7 Å². The highest BCUT2D eigenvalue weighted by atomic mass is 14.1. The van der Waals surface area contributed by atoms with Crippen LogP contribution < -0.4 is 0 Å². The molecule has 50 heavy (non-hydrogen) atoms. The molecule has 0 fully saturated rings. The van der Waals surface area contributed by atoms with Gasteiger partial charge in [0.2, 0.25) is 0 Å². The summed E-state index contributed by atoms with van der Waals surface area (Å²) in [4.78, 5) is 0. The maximum absolute atomic E-state index is 3.37. The van der Waals surface area contributed by atoms with Gasteiger partial charge in [-0.15, -0.1) is 23.7 Å². The van der Waals surface area contributed by atoms with Gasteiger partial charge in [0.1, 0.15) is 0 Å². The molecule has 5 rings (SSSR count). The first-order valence-corrected chi connectivity index (χ1v) is 15.9. The summed E-state index contributed by atoms with van der Waals surface area (Å²) in [6, 6.07) is 35.6. The first-order chi connectivity index (χ1) is 24.6. The molecule has 5 aromatic rings. The third kappa shape index (κ3) is 9.79. The van der Waals surface area contributed by atoms with Gasteiger partial charge in [-0.05, 0) is 137 Å². The van der Waals surface area contributed by atoms with E-state index in [1.54, 1.807) is 0 Å². The average molecular weight is 631 g/mol. The van der Waals surface area contributed by atoms with Crippen molar-refractivity contribution in [1.82, 2.24) is 0 Å². The second kappa shape index (κ2) is 17.5. The zero-order valence-electron chi connectivity index (χ0n) is 28.4. The van der Waals surface area contributed by atoms with Crippen LogP contribution >= 0.6 is 0 Å². The largest absolute Gasteiger partial charge is 0.101 e. The first kappa shape index (κ1) is 33.9. The van der Waals surface area contributed by atoms with Gasteiger partial charge in [0.05, 0.1) is 0 Å². The van der Waals surface area contributed by atoms with E-state index in [9.17, 15) is 0 Å². The minimum absolute atomic E-state index is 0.759. The molecule has 0 aliphatic rings. The molecule has 0 saturated carbocycles. The minimum atomic E-state index is 0.759. The lowest BCUT2D eigenvalue weighted by Gasteiger charge is -2.04. The number of hydrogen-bond acceptors (Lipinski definition) is 0. The Labute approximate surface area is 297 Å². The molecule has 0 saturated heterocycles. The normalized spacial score (nSPS) is 8.72. The summed E-state index contributed by atoms with van der Waals surface area (Å²) < 4.78 is 0. The van der Waals surface area contributed by atoms with E-state index < -0.39 is 0 Å². The average Bonchev–Trinajstić information content (AvgIpc) is 3.14. The lowest BCUT2D eigenvalue weighted by atomic mass is 9.97. The molecule has 0 N–H and O–H groups in total. The standard InChI is InChI=1S/C50H30/c1-5-9-39-13-21-43(22-14-39)29-33-47-37-49(35-31-45-25-17-41(11-7-3)18-26-45)50(36-32-46-27-19-42(12-8-4)20-28-46)38-48(47)34-30-44-23-15-40(10-6-2)16-24-44/h13-28,37-38H,1-4H3. The van der Waals surface area contributed by atoms with Crippen LogP contribution in [0.15, 0.2) is 109 Å². The summed E-state index contributed by atoms with van der Waals surface area (Å²) >= 11 is 0. The Morgan fingerprint density at radius 1 is 0.220 bits per heavy atom. The molecule has 0 spiro atoms. The molecule has 0 heterocycles. The van der Waals surface area contributed by atoms with E-state index in [1.807, 2.05) is 137 Å². The van der Waals surface area contributed by atoms with Crippen molar-refractivity contribution >= 4 is 0 Å². The fourth-order valence-corrected chi connectivity index (χ4v) is 4.70. The van der Waals surface area contributed by atoms with Crippen LogP contribution in [0.2, 0.25) is 0 Å². The summed E-state index contributed by atoms with van der Waals surface area (Å²) in [5.41, 5.74) is 10.3. The molecule has 0 aromatic heterocycles. The van der Waals surface area contributed by atoms with Crippen LogP contribution in [-0.2, 0) is 0 Å². The molecule has 0 aliphatic heterocycles. The van der Waals surface area contributed by atoms with E-state index in [4.69, 9.17) is 0 Å². The second-order valence-electron chi connectivity index (χ2n) is 10.8. The Kier molecular flexibility index (Phi) is 11.9. The second-order valence-corrected chi connectivity index (χ2v) is 10.8. The van der Waals surface area contributed by atoms with Crippen molar-refractivity contribution in [3.63, 3.8) is 0 Å². The monoisotopic (exact) mass is 630 g/mol. The van der Waals surface area contributed by atoms with E-state index in [0.29, 0.717) is 0 Å². The van der Waals surface area contributed by atoms with Gasteiger partial charge in [0.25, 0.3) is 0 Å². The molecule has 0 heteroatoms. The van der Waals surface area contributed by atoms with Gasteiger partial charge in [0, 0.05) is 66.8 Å². The summed E-state index contributed by atoms with van der Waals surface area (Å²) in [5, 5.41) is 0. The topological polar surface area (TPSA) is 0 Å². The Morgan fingerprint density at radius 3 is 0.540 bits per heavy atom. The quantitative estimate of drug-likeness (QED) is 0.150. The highest BCUT2D eigenvalue weighted by molar-refractivity contribution is 5.64. The van der Waals surface area contributed by atoms with Gasteiger partial charge in [-0.2, -0.15) is 0 Å². The molecular weight excluding hydrogens is 601 g/mol. The Hall–Kier alpha value is -7.42. The van der Waals surface area contributed by atoms with Gasteiger partial charge in [-0.25, -0.2) is 0 Å². The molecule has 0 bridgehead atoms. The van der Waals surface area contributed by atoms with Gasteiger partial charge in [-0.3, -0.25) is 0 Å². The van der Waals surface area contributed by atoms with Crippen LogP contribution in [0.1, 0.15) is 94.5 Å². The van der Waals surface area contributed by atoms with Gasteiger partial charge < -0.3 is 0 Å². The van der Waals surface area contributed by atoms with E-state index in [-0.39, 0.29) is 0 Å². The Bertz CT molecular complexity index is 2180. The van der Waals surface area contributed by atoms with Crippen LogP contribution in [-0.4, -0.2) is 0 Å². The fraction of sp³-hybridized carbons (Fsp3) is 0.0800. The summed E-state index contributed by atoms with van der Waals surface area (Å²) in [6.45, 7) is 7.31. The van der Waals surface area contributed by atoms with Crippen molar-refractivity contribution in [2.45, 2.75) is 27.7 Å². The van der Waals surface area contributed by atoms with Gasteiger partial charge in [0.15, 0.2) is 0 Å². The number of rotatable bonds is 0. The molecule has 0 amide bonds. The number of hydrogen-bond donors (Lipinski definition) is 0. The van der Waals surface area contributed by atoms with Gasteiger partial charge >= 0.3 is 0 Å². The first-order valence-electron chi connectivity index (χ1n) is 15.9. The number of benzene rings is 5. The van der Waals surface area contributed by atoms with Gasteiger partial charge in [-0.1, -0.05) is 71.0 Å². The van der Waals surface area contributed by atoms with Crippen LogP contribution in [0.5, 0.6) is 0 Å². The van der Waals surface area contributed by atoms with E-state index in [2.05, 4.69) is 94.7 Å². The van der Waals surface area contributed by atoms with Crippen molar-refractivity contribution in [2.24, 2.45) is 0 Å². The maximum Gasteiger partial charge on any atom is 0.0419 e. The van der Waals surface area contributed by atoms with E-state index in [0.717, 1.165) is 66.8 Å².